The highest BCUT2D eigenvalue weighted by atomic mass is 35.5. The predicted octanol–water partition coefficient (Wildman–Crippen LogP) is 5.13. The van der Waals surface area contributed by atoms with Gasteiger partial charge in [0.25, 0.3) is 5.91 Å². The molecule has 3 amide bonds. The highest BCUT2D eigenvalue weighted by Crippen LogP contribution is 2.36. The van der Waals surface area contributed by atoms with E-state index in [1.165, 1.54) is 4.90 Å². The van der Waals surface area contributed by atoms with Crippen LogP contribution in [-0.4, -0.2) is 71.4 Å². The van der Waals surface area contributed by atoms with Crippen molar-refractivity contribution < 1.29 is 19.1 Å². The Bertz CT molecular complexity index is 1390. The quantitative estimate of drug-likeness (QED) is 0.433. The number of cyclic esters (lactones) is 1. The maximum absolute atomic E-state index is 14.0. The van der Waals surface area contributed by atoms with Crippen molar-refractivity contribution in [2.24, 2.45) is 0 Å². The van der Waals surface area contributed by atoms with Gasteiger partial charge in [-0.25, -0.2) is 4.79 Å². The second-order valence-electron chi connectivity index (χ2n) is 10.2. The van der Waals surface area contributed by atoms with E-state index < -0.39 is 18.2 Å². The summed E-state index contributed by atoms with van der Waals surface area (Å²) in [6, 6.07) is 20.8. The van der Waals surface area contributed by atoms with Crippen LogP contribution in [-0.2, 0) is 16.1 Å². The van der Waals surface area contributed by atoms with Gasteiger partial charge in [0, 0.05) is 42.5 Å². The van der Waals surface area contributed by atoms with Crippen molar-refractivity contribution in [1.82, 2.24) is 14.7 Å². The molecule has 3 aromatic carbocycles. The summed E-state index contributed by atoms with van der Waals surface area (Å²) in [6.45, 7) is 7.91. The van der Waals surface area contributed by atoms with Gasteiger partial charge < -0.3 is 19.9 Å². The van der Waals surface area contributed by atoms with Crippen LogP contribution in [0.2, 0.25) is 5.02 Å². The molecule has 2 aliphatic rings. The number of nitrogens with zero attached hydrogens (tertiary/aromatic N) is 3. The number of hydrogen-bond acceptors (Lipinski definition) is 5. The summed E-state index contributed by atoms with van der Waals surface area (Å²) in [7, 11) is 0. The maximum Gasteiger partial charge on any atom is 0.411 e. The van der Waals surface area contributed by atoms with E-state index in [0.29, 0.717) is 34.9 Å². The van der Waals surface area contributed by atoms with Crippen molar-refractivity contribution in [3.05, 3.63) is 100 Å². The van der Waals surface area contributed by atoms with Gasteiger partial charge >= 0.3 is 6.09 Å². The fourth-order valence-corrected chi connectivity index (χ4v) is 5.41. The van der Waals surface area contributed by atoms with E-state index in [1.54, 1.807) is 42.5 Å². The van der Waals surface area contributed by atoms with E-state index in [9.17, 15) is 14.4 Å². The highest BCUT2D eigenvalue weighted by Gasteiger charge is 2.48. The molecule has 0 spiro atoms. The molecule has 2 atom stereocenters. The zero-order valence-electron chi connectivity index (χ0n) is 22.7. The molecular formula is C31H33ClN4O4. The zero-order chi connectivity index (χ0) is 28.2. The van der Waals surface area contributed by atoms with E-state index >= 15 is 0 Å². The molecule has 40 heavy (non-hydrogen) atoms. The lowest BCUT2D eigenvalue weighted by Gasteiger charge is -2.37. The minimum atomic E-state index is -0.859. The van der Waals surface area contributed by atoms with Crippen molar-refractivity contribution in [1.29, 1.82) is 0 Å². The lowest BCUT2D eigenvalue weighted by Crippen LogP contribution is -2.54. The molecule has 0 bridgehead atoms. The third kappa shape index (κ3) is 6.13. The topological polar surface area (TPSA) is 82.2 Å². The standard InChI is InChI=1S/C31H33ClN4O4/c1-3-34-14-16-35(17-15-34)30(38)27-28(40-31(39)36(27)20-22-6-4-8-25(32)18-22)24-7-5-9-26(19-24)33-29(37)23-12-10-21(2)11-13-23/h4-13,18-19,27-28H,3,14-17,20H2,1-2H3,(H,33,37). The number of aryl methyl sites for hydroxylation is 1. The molecule has 8 nitrogen and oxygen atoms in total. The number of piperazine rings is 1. The van der Waals surface area contributed by atoms with Gasteiger partial charge in [-0.3, -0.25) is 14.5 Å². The minimum absolute atomic E-state index is 0.150. The number of nitrogens with one attached hydrogen (secondary N) is 1. The zero-order valence-corrected chi connectivity index (χ0v) is 23.4. The summed E-state index contributed by atoms with van der Waals surface area (Å²) in [5.41, 5.74) is 3.59. The van der Waals surface area contributed by atoms with E-state index in [4.69, 9.17) is 16.3 Å². The number of likely N-dealkylation sites (N-methyl/N-ethyl adjacent to an activating group) is 1. The number of rotatable bonds is 7. The van der Waals surface area contributed by atoms with Crippen molar-refractivity contribution >= 4 is 35.2 Å². The van der Waals surface area contributed by atoms with E-state index in [-0.39, 0.29) is 18.4 Å². The van der Waals surface area contributed by atoms with Crippen LogP contribution in [0.5, 0.6) is 0 Å². The van der Waals surface area contributed by atoms with Gasteiger partial charge in [-0.1, -0.05) is 60.5 Å². The molecule has 0 aromatic heterocycles. The van der Waals surface area contributed by atoms with E-state index in [2.05, 4.69) is 17.1 Å². The Kier molecular flexibility index (Phi) is 8.38. The molecule has 1 N–H and O–H groups in total. The Balaban J connectivity index is 1.42. The summed E-state index contributed by atoms with van der Waals surface area (Å²) < 4.78 is 5.87. The molecule has 2 unspecified atom stereocenters. The number of anilines is 1. The summed E-state index contributed by atoms with van der Waals surface area (Å²) in [5.74, 6) is -0.396. The van der Waals surface area contributed by atoms with Gasteiger partial charge in [-0.2, -0.15) is 0 Å². The Labute approximate surface area is 239 Å². The summed E-state index contributed by atoms with van der Waals surface area (Å²) >= 11 is 6.20. The summed E-state index contributed by atoms with van der Waals surface area (Å²) in [4.78, 5) is 45.7. The Morgan fingerprint density at radius 2 is 1.70 bits per heavy atom. The first-order valence-corrected chi connectivity index (χ1v) is 13.9. The van der Waals surface area contributed by atoms with Crippen molar-refractivity contribution in [3.63, 3.8) is 0 Å². The maximum atomic E-state index is 14.0. The van der Waals surface area contributed by atoms with E-state index in [1.807, 2.05) is 42.2 Å². The van der Waals surface area contributed by atoms with Gasteiger partial charge in [0.05, 0.1) is 6.54 Å². The lowest BCUT2D eigenvalue weighted by molar-refractivity contribution is -0.138. The van der Waals surface area contributed by atoms with Crippen LogP contribution < -0.4 is 5.32 Å². The third-order valence-electron chi connectivity index (χ3n) is 7.50. The summed E-state index contributed by atoms with van der Waals surface area (Å²) in [6.07, 6.45) is -1.40. The molecule has 0 aliphatic carbocycles. The molecule has 208 valence electrons. The molecule has 0 saturated carbocycles. The molecule has 3 aromatic rings. The molecule has 2 fully saturated rings. The highest BCUT2D eigenvalue weighted by molar-refractivity contribution is 6.30. The molecule has 5 rings (SSSR count). The molecule has 2 saturated heterocycles. The normalized spacial score (nSPS) is 19.4. The lowest BCUT2D eigenvalue weighted by atomic mass is 9.99. The Morgan fingerprint density at radius 3 is 2.40 bits per heavy atom. The van der Waals surface area contributed by atoms with Crippen LogP contribution in [0, 0.1) is 6.92 Å². The number of halogens is 1. The number of ether oxygens (including phenoxy) is 1. The molecule has 0 radical (unpaired) electrons. The second-order valence-corrected chi connectivity index (χ2v) is 10.6. The van der Waals surface area contributed by atoms with Gasteiger partial charge in [-0.15, -0.1) is 0 Å². The van der Waals surface area contributed by atoms with Crippen molar-refractivity contribution in [2.75, 3.05) is 38.0 Å². The largest absolute Gasteiger partial charge is 0.438 e. The van der Waals surface area contributed by atoms with Gasteiger partial charge in [-0.05, 0) is 61.0 Å². The van der Waals surface area contributed by atoms with Gasteiger partial charge in [0.2, 0.25) is 5.91 Å². The first kappa shape index (κ1) is 27.7. The number of benzene rings is 3. The minimum Gasteiger partial charge on any atom is -0.438 e. The predicted molar refractivity (Wildman–Crippen MR) is 154 cm³/mol. The van der Waals surface area contributed by atoms with Crippen LogP contribution in [0.25, 0.3) is 0 Å². The number of amides is 3. The van der Waals surface area contributed by atoms with Crippen LogP contribution >= 0.6 is 11.6 Å². The van der Waals surface area contributed by atoms with Gasteiger partial charge in [0.15, 0.2) is 12.1 Å². The average molecular weight is 561 g/mol. The first-order valence-electron chi connectivity index (χ1n) is 13.5. The van der Waals surface area contributed by atoms with Crippen LogP contribution in [0.4, 0.5) is 10.5 Å². The Morgan fingerprint density at radius 1 is 0.975 bits per heavy atom. The second kappa shape index (κ2) is 12.1. The molecule has 9 heteroatoms. The molecule has 2 heterocycles. The average Bonchev–Trinajstić information content (AvgIpc) is 3.28. The summed E-state index contributed by atoms with van der Waals surface area (Å²) in [5, 5.41) is 3.47. The fourth-order valence-electron chi connectivity index (χ4n) is 5.20. The fraction of sp³-hybridized carbons (Fsp3) is 0.323. The van der Waals surface area contributed by atoms with Crippen LogP contribution in [0.1, 0.15) is 40.1 Å². The van der Waals surface area contributed by atoms with Crippen molar-refractivity contribution in [3.8, 4) is 0 Å². The van der Waals surface area contributed by atoms with Crippen molar-refractivity contribution in [2.45, 2.75) is 32.5 Å². The number of hydrogen-bond donors (Lipinski definition) is 1. The Hall–Kier alpha value is -3.88. The number of carbonyl (C=O) groups excluding carboxylic acids is 3. The molecular weight excluding hydrogens is 528 g/mol. The number of carbonyl (C=O) groups is 3. The van der Waals surface area contributed by atoms with Gasteiger partial charge in [0.1, 0.15) is 0 Å². The monoisotopic (exact) mass is 560 g/mol. The molecule has 2 aliphatic heterocycles. The van der Waals surface area contributed by atoms with Crippen LogP contribution in [0.15, 0.2) is 72.8 Å². The SMILES string of the molecule is CCN1CCN(C(=O)C2C(c3cccc(NC(=O)c4ccc(C)cc4)c3)OC(=O)N2Cc2cccc(Cl)c2)CC1. The van der Waals surface area contributed by atoms with E-state index in [0.717, 1.165) is 30.8 Å². The van der Waals surface area contributed by atoms with Crippen LogP contribution in [0.3, 0.4) is 0 Å². The third-order valence-corrected chi connectivity index (χ3v) is 7.73. The first-order chi connectivity index (χ1) is 19.3. The smallest absolute Gasteiger partial charge is 0.411 e.